The van der Waals surface area contributed by atoms with Gasteiger partial charge in [-0.15, -0.1) is 0 Å². The highest BCUT2D eigenvalue weighted by molar-refractivity contribution is 5.01. The molecule has 1 aliphatic carbocycles. The van der Waals surface area contributed by atoms with Gasteiger partial charge < -0.3 is 9.73 Å². The maximum atomic E-state index is 5.44. The molecule has 3 unspecified atom stereocenters. The predicted molar refractivity (Wildman–Crippen MR) is 61.8 cm³/mol. The summed E-state index contributed by atoms with van der Waals surface area (Å²) in [5, 5.41) is 3.45. The molecule has 3 atom stereocenters. The lowest BCUT2D eigenvalue weighted by atomic mass is 9.77. The van der Waals surface area contributed by atoms with Gasteiger partial charge in [-0.1, -0.05) is 6.92 Å². The van der Waals surface area contributed by atoms with Crippen molar-refractivity contribution in [2.24, 2.45) is 11.8 Å². The van der Waals surface area contributed by atoms with Crippen LogP contribution in [0.3, 0.4) is 0 Å². The molecular formula is C13H21NO. The summed E-state index contributed by atoms with van der Waals surface area (Å²) in [6, 6.07) is 4.74. The third kappa shape index (κ3) is 2.63. The van der Waals surface area contributed by atoms with Crippen LogP contribution in [0, 0.1) is 11.8 Å². The van der Waals surface area contributed by atoms with Gasteiger partial charge in [0.25, 0.3) is 0 Å². The Bertz CT molecular complexity index is 281. The SMILES string of the molecule is CNC1CCC(C)CC1Cc1ccco1. The average molecular weight is 207 g/mol. The lowest BCUT2D eigenvalue weighted by Crippen LogP contribution is -2.39. The van der Waals surface area contributed by atoms with Crippen molar-refractivity contribution in [3.05, 3.63) is 24.2 Å². The van der Waals surface area contributed by atoms with Crippen molar-refractivity contribution < 1.29 is 4.42 Å². The molecule has 84 valence electrons. The minimum atomic E-state index is 0.672. The first-order chi connectivity index (χ1) is 7.29. The highest BCUT2D eigenvalue weighted by Gasteiger charge is 2.28. The van der Waals surface area contributed by atoms with Crippen molar-refractivity contribution in [3.63, 3.8) is 0 Å². The Morgan fingerprint density at radius 2 is 2.33 bits per heavy atom. The van der Waals surface area contributed by atoms with Gasteiger partial charge in [0.15, 0.2) is 0 Å². The molecule has 1 aromatic heterocycles. The first kappa shape index (κ1) is 10.7. The van der Waals surface area contributed by atoms with Crippen LogP contribution in [0.15, 0.2) is 22.8 Å². The molecule has 2 heteroatoms. The van der Waals surface area contributed by atoms with E-state index in [4.69, 9.17) is 4.42 Å². The molecule has 1 N–H and O–H groups in total. The van der Waals surface area contributed by atoms with Crippen LogP contribution in [0.5, 0.6) is 0 Å². The Labute approximate surface area is 92.1 Å². The monoisotopic (exact) mass is 207 g/mol. The van der Waals surface area contributed by atoms with E-state index in [0.29, 0.717) is 6.04 Å². The molecule has 0 radical (unpaired) electrons. The lowest BCUT2D eigenvalue weighted by Gasteiger charge is -2.34. The van der Waals surface area contributed by atoms with Crippen LogP contribution in [-0.4, -0.2) is 13.1 Å². The molecule has 2 rings (SSSR count). The number of nitrogens with one attached hydrogen (secondary N) is 1. The fourth-order valence-corrected chi connectivity index (χ4v) is 2.79. The average Bonchev–Trinajstić information content (AvgIpc) is 2.71. The van der Waals surface area contributed by atoms with Gasteiger partial charge in [-0.3, -0.25) is 0 Å². The Morgan fingerprint density at radius 3 is 3.00 bits per heavy atom. The van der Waals surface area contributed by atoms with Crippen molar-refractivity contribution in [1.82, 2.24) is 5.32 Å². The fraction of sp³-hybridized carbons (Fsp3) is 0.692. The van der Waals surface area contributed by atoms with Crippen molar-refractivity contribution in [1.29, 1.82) is 0 Å². The summed E-state index contributed by atoms with van der Waals surface area (Å²) in [5.41, 5.74) is 0. The summed E-state index contributed by atoms with van der Waals surface area (Å²) in [6.07, 6.45) is 6.86. The van der Waals surface area contributed by atoms with Gasteiger partial charge in [-0.2, -0.15) is 0 Å². The van der Waals surface area contributed by atoms with Crippen LogP contribution in [-0.2, 0) is 6.42 Å². The van der Waals surface area contributed by atoms with Crippen molar-refractivity contribution >= 4 is 0 Å². The van der Waals surface area contributed by atoms with E-state index in [1.54, 1.807) is 6.26 Å². The maximum absolute atomic E-state index is 5.44. The summed E-state index contributed by atoms with van der Waals surface area (Å²) in [5.74, 6) is 2.74. The summed E-state index contributed by atoms with van der Waals surface area (Å²) < 4.78 is 5.44. The van der Waals surface area contributed by atoms with Crippen LogP contribution < -0.4 is 5.32 Å². The Kier molecular flexibility index (Phi) is 3.47. The first-order valence-electron chi connectivity index (χ1n) is 5.99. The first-order valence-corrected chi connectivity index (χ1v) is 5.99. The van der Waals surface area contributed by atoms with Gasteiger partial charge in [0.2, 0.25) is 0 Å². The van der Waals surface area contributed by atoms with Gasteiger partial charge in [0, 0.05) is 12.5 Å². The Hall–Kier alpha value is -0.760. The van der Waals surface area contributed by atoms with Gasteiger partial charge >= 0.3 is 0 Å². The molecule has 1 saturated carbocycles. The van der Waals surface area contributed by atoms with Crippen LogP contribution in [0.4, 0.5) is 0 Å². The van der Waals surface area contributed by atoms with Gasteiger partial charge in [-0.25, -0.2) is 0 Å². The van der Waals surface area contributed by atoms with E-state index in [9.17, 15) is 0 Å². The molecule has 2 nitrogen and oxygen atoms in total. The van der Waals surface area contributed by atoms with Crippen LogP contribution in [0.2, 0.25) is 0 Å². The summed E-state index contributed by atoms with van der Waals surface area (Å²) in [4.78, 5) is 0. The van der Waals surface area contributed by atoms with E-state index >= 15 is 0 Å². The quantitative estimate of drug-likeness (QED) is 0.824. The minimum absolute atomic E-state index is 0.672. The third-order valence-corrected chi connectivity index (χ3v) is 3.66. The number of hydrogen-bond acceptors (Lipinski definition) is 2. The van der Waals surface area contributed by atoms with E-state index in [1.807, 2.05) is 6.07 Å². The Balaban J connectivity index is 1.98. The maximum Gasteiger partial charge on any atom is 0.104 e. The van der Waals surface area contributed by atoms with Crippen molar-refractivity contribution in [3.8, 4) is 0 Å². The molecule has 0 bridgehead atoms. The zero-order valence-electron chi connectivity index (χ0n) is 9.70. The topological polar surface area (TPSA) is 25.2 Å². The normalized spacial score (nSPS) is 31.7. The van der Waals surface area contributed by atoms with Crippen molar-refractivity contribution in [2.75, 3.05) is 7.05 Å². The molecule has 15 heavy (non-hydrogen) atoms. The van der Waals surface area contributed by atoms with Crippen LogP contribution >= 0.6 is 0 Å². The number of rotatable bonds is 3. The molecule has 0 aromatic carbocycles. The Morgan fingerprint density at radius 1 is 1.47 bits per heavy atom. The molecule has 0 aliphatic heterocycles. The highest BCUT2D eigenvalue weighted by atomic mass is 16.3. The molecule has 1 heterocycles. The largest absolute Gasteiger partial charge is 0.469 e. The second-order valence-corrected chi connectivity index (χ2v) is 4.86. The van der Waals surface area contributed by atoms with E-state index in [1.165, 1.54) is 19.3 Å². The molecule has 1 aliphatic rings. The fourth-order valence-electron chi connectivity index (χ4n) is 2.79. The molecular weight excluding hydrogens is 186 g/mol. The minimum Gasteiger partial charge on any atom is -0.469 e. The lowest BCUT2D eigenvalue weighted by molar-refractivity contribution is 0.212. The van der Waals surface area contributed by atoms with Crippen molar-refractivity contribution in [2.45, 2.75) is 38.6 Å². The van der Waals surface area contributed by atoms with Gasteiger partial charge in [0.05, 0.1) is 6.26 Å². The second-order valence-electron chi connectivity index (χ2n) is 4.86. The van der Waals surface area contributed by atoms with Crippen LogP contribution in [0.25, 0.3) is 0 Å². The highest BCUT2D eigenvalue weighted by Crippen LogP contribution is 2.31. The summed E-state index contributed by atoms with van der Waals surface area (Å²) in [6.45, 7) is 2.36. The number of furan rings is 1. The molecule has 0 spiro atoms. The van der Waals surface area contributed by atoms with E-state index < -0.39 is 0 Å². The summed E-state index contributed by atoms with van der Waals surface area (Å²) in [7, 11) is 2.08. The zero-order chi connectivity index (χ0) is 10.7. The third-order valence-electron chi connectivity index (χ3n) is 3.66. The smallest absolute Gasteiger partial charge is 0.104 e. The van der Waals surface area contributed by atoms with E-state index in [2.05, 4.69) is 25.4 Å². The van der Waals surface area contributed by atoms with Gasteiger partial charge in [0.1, 0.15) is 5.76 Å². The van der Waals surface area contributed by atoms with E-state index in [-0.39, 0.29) is 0 Å². The molecule has 0 amide bonds. The number of hydrogen-bond donors (Lipinski definition) is 1. The second kappa shape index (κ2) is 4.84. The van der Waals surface area contributed by atoms with E-state index in [0.717, 1.165) is 24.0 Å². The molecule has 1 aromatic rings. The standard InChI is InChI=1S/C13H21NO/c1-10-5-6-13(14-2)11(8-10)9-12-4-3-7-15-12/h3-4,7,10-11,13-14H,5-6,8-9H2,1-2H3. The molecule has 1 fully saturated rings. The predicted octanol–water partition coefficient (Wildman–Crippen LogP) is 2.85. The zero-order valence-corrected chi connectivity index (χ0v) is 9.70. The van der Waals surface area contributed by atoms with Crippen LogP contribution in [0.1, 0.15) is 31.9 Å². The molecule has 0 saturated heterocycles. The summed E-state index contributed by atoms with van der Waals surface area (Å²) >= 11 is 0. The van der Waals surface area contributed by atoms with Gasteiger partial charge in [-0.05, 0) is 50.3 Å².